The molecular weight excluding hydrogens is 237 g/mol. The Morgan fingerprint density at radius 1 is 1.29 bits per heavy atom. The van der Waals surface area contributed by atoms with Crippen LogP contribution in [0.4, 0.5) is 24.7 Å². The summed E-state index contributed by atoms with van der Waals surface area (Å²) in [6.45, 7) is 1.84. The van der Waals surface area contributed by atoms with E-state index in [0.717, 1.165) is 6.20 Å². The minimum Gasteiger partial charge on any atom is -0.394 e. The molecule has 1 aliphatic rings. The number of morpholine rings is 1. The molecule has 1 fully saturated rings. The lowest BCUT2D eigenvalue weighted by atomic mass is 10.3. The number of rotatable bonds is 1. The predicted octanol–water partition coefficient (Wildman–Crippen LogP) is 0.914. The van der Waals surface area contributed by atoms with Crippen molar-refractivity contribution in [1.82, 2.24) is 9.97 Å². The van der Waals surface area contributed by atoms with Crippen LogP contribution in [0.25, 0.3) is 0 Å². The molecule has 17 heavy (non-hydrogen) atoms. The van der Waals surface area contributed by atoms with Crippen molar-refractivity contribution in [2.24, 2.45) is 0 Å². The van der Waals surface area contributed by atoms with Crippen molar-refractivity contribution in [3.8, 4) is 0 Å². The molecule has 0 atom stereocenters. The van der Waals surface area contributed by atoms with Crippen LogP contribution in [0.1, 0.15) is 5.82 Å². The number of aromatic nitrogens is 2. The van der Waals surface area contributed by atoms with E-state index < -0.39 is 12.0 Å². The summed E-state index contributed by atoms with van der Waals surface area (Å²) in [6.07, 6.45) is -3.57. The van der Waals surface area contributed by atoms with Crippen LogP contribution in [0.2, 0.25) is 0 Å². The van der Waals surface area contributed by atoms with E-state index >= 15 is 0 Å². The van der Waals surface area contributed by atoms with E-state index in [1.54, 1.807) is 4.90 Å². The number of hydrogen-bond acceptors (Lipinski definition) is 5. The summed E-state index contributed by atoms with van der Waals surface area (Å²) in [5.41, 5.74) is 5.73. The third kappa shape index (κ3) is 2.57. The SMILES string of the molecule is Nc1cnc(C(F)(F)F)nc1N1CCOCC1. The van der Waals surface area contributed by atoms with Crippen LogP contribution in [0, 0.1) is 0 Å². The van der Waals surface area contributed by atoms with Crippen LogP contribution in [-0.2, 0) is 10.9 Å². The molecule has 1 saturated heterocycles. The van der Waals surface area contributed by atoms with Crippen LogP contribution in [0.15, 0.2) is 6.20 Å². The fourth-order valence-corrected chi connectivity index (χ4v) is 1.55. The molecule has 0 spiro atoms. The molecule has 0 unspecified atom stereocenters. The van der Waals surface area contributed by atoms with Crippen molar-refractivity contribution in [3.05, 3.63) is 12.0 Å². The number of nitrogens with zero attached hydrogens (tertiary/aromatic N) is 3. The van der Waals surface area contributed by atoms with E-state index in [9.17, 15) is 13.2 Å². The number of anilines is 2. The van der Waals surface area contributed by atoms with Crippen molar-refractivity contribution in [2.45, 2.75) is 6.18 Å². The number of ether oxygens (including phenoxy) is 1. The molecule has 0 bridgehead atoms. The number of halogens is 3. The Morgan fingerprint density at radius 2 is 1.94 bits per heavy atom. The lowest BCUT2D eigenvalue weighted by Crippen LogP contribution is -2.37. The second-order valence-corrected chi connectivity index (χ2v) is 3.57. The van der Waals surface area contributed by atoms with Gasteiger partial charge in [0.2, 0.25) is 5.82 Å². The molecule has 5 nitrogen and oxygen atoms in total. The van der Waals surface area contributed by atoms with Crippen LogP contribution in [-0.4, -0.2) is 36.3 Å². The number of nitrogen functional groups attached to an aromatic ring is 1. The van der Waals surface area contributed by atoms with Crippen molar-refractivity contribution >= 4 is 11.5 Å². The normalized spacial score (nSPS) is 17.2. The van der Waals surface area contributed by atoms with Gasteiger partial charge in [-0.25, -0.2) is 9.97 Å². The highest BCUT2D eigenvalue weighted by Gasteiger charge is 2.35. The van der Waals surface area contributed by atoms with E-state index in [1.807, 2.05) is 0 Å². The van der Waals surface area contributed by atoms with Crippen LogP contribution in [0.3, 0.4) is 0 Å². The summed E-state index contributed by atoms with van der Waals surface area (Å²) >= 11 is 0. The summed E-state index contributed by atoms with van der Waals surface area (Å²) in [6, 6.07) is 0. The van der Waals surface area contributed by atoms with E-state index in [-0.39, 0.29) is 11.5 Å². The molecule has 1 aromatic rings. The Morgan fingerprint density at radius 3 is 2.53 bits per heavy atom. The molecule has 2 heterocycles. The first-order chi connectivity index (χ1) is 7.98. The van der Waals surface area contributed by atoms with Gasteiger partial charge in [-0.15, -0.1) is 0 Å². The van der Waals surface area contributed by atoms with Crippen LogP contribution >= 0.6 is 0 Å². The van der Waals surface area contributed by atoms with Gasteiger partial charge in [0.15, 0.2) is 5.82 Å². The van der Waals surface area contributed by atoms with Gasteiger partial charge in [0.05, 0.1) is 25.1 Å². The van der Waals surface area contributed by atoms with Gasteiger partial charge in [0, 0.05) is 13.1 Å². The Labute approximate surface area is 95.4 Å². The van der Waals surface area contributed by atoms with Gasteiger partial charge in [-0.3, -0.25) is 0 Å². The Hall–Kier alpha value is -1.57. The molecule has 0 amide bonds. The Kier molecular flexibility index (Phi) is 3.05. The summed E-state index contributed by atoms with van der Waals surface area (Å²) < 4.78 is 42.5. The lowest BCUT2D eigenvalue weighted by Gasteiger charge is -2.28. The van der Waals surface area contributed by atoms with Crippen LogP contribution < -0.4 is 10.6 Å². The van der Waals surface area contributed by atoms with E-state index in [4.69, 9.17) is 10.5 Å². The molecule has 1 aromatic heterocycles. The third-order valence-electron chi connectivity index (χ3n) is 2.36. The molecule has 0 saturated carbocycles. The molecule has 0 radical (unpaired) electrons. The van der Waals surface area contributed by atoms with Gasteiger partial charge in [-0.1, -0.05) is 0 Å². The fraction of sp³-hybridized carbons (Fsp3) is 0.556. The molecule has 94 valence electrons. The monoisotopic (exact) mass is 248 g/mol. The maximum Gasteiger partial charge on any atom is 0.451 e. The van der Waals surface area contributed by atoms with Crippen molar-refractivity contribution in [2.75, 3.05) is 36.9 Å². The van der Waals surface area contributed by atoms with E-state index in [2.05, 4.69) is 9.97 Å². The van der Waals surface area contributed by atoms with Gasteiger partial charge < -0.3 is 15.4 Å². The van der Waals surface area contributed by atoms with Crippen molar-refractivity contribution in [1.29, 1.82) is 0 Å². The van der Waals surface area contributed by atoms with Gasteiger partial charge in [0.1, 0.15) is 0 Å². The van der Waals surface area contributed by atoms with E-state index in [1.165, 1.54) is 0 Å². The largest absolute Gasteiger partial charge is 0.451 e. The summed E-state index contributed by atoms with van der Waals surface area (Å²) in [5, 5.41) is 0. The zero-order valence-corrected chi connectivity index (χ0v) is 8.87. The van der Waals surface area contributed by atoms with Crippen molar-refractivity contribution < 1.29 is 17.9 Å². The van der Waals surface area contributed by atoms with Crippen LogP contribution in [0.5, 0.6) is 0 Å². The quantitative estimate of drug-likeness (QED) is 0.800. The first-order valence-electron chi connectivity index (χ1n) is 5.01. The number of hydrogen-bond donors (Lipinski definition) is 1. The molecule has 8 heteroatoms. The molecule has 1 aliphatic heterocycles. The first kappa shape index (κ1) is 11.9. The lowest BCUT2D eigenvalue weighted by molar-refractivity contribution is -0.144. The van der Waals surface area contributed by atoms with Gasteiger partial charge in [-0.05, 0) is 0 Å². The molecule has 2 rings (SSSR count). The van der Waals surface area contributed by atoms with E-state index in [0.29, 0.717) is 26.3 Å². The predicted molar refractivity (Wildman–Crippen MR) is 54.5 cm³/mol. The second kappa shape index (κ2) is 4.36. The molecule has 2 N–H and O–H groups in total. The summed E-state index contributed by atoms with van der Waals surface area (Å²) in [5.74, 6) is -1.05. The average molecular weight is 248 g/mol. The second-order valence-electron chi connectivity index (χ2n) is 3.57. The number of alkyl halides is 3. The smallest absolute Gasteiger partial charge is 0.394 e. The highest BCUT2D eigenvalue weighted by atomic mass is 19.4. The highest BCUT2D eigenvalue weighted by Crippen LogP contribution is 2.29. The highest BCUT2D eigenvalue weighted by molar-refractivity contribution is 5.61. The van der Waals surface area contributed by atoms with Gasteiger partial charge in [-0.2, -0.15) is 13.2 Å². The summed E-state index contributed by atoms with van der Waals surface area (Å²) in [4.78, 5) is 8.32. The zero-order chi connectivity index (χ0) is 12.5. The average Bonchev–Trinajstić information content (AvgIpc) is 2.29. The van der Waals surface area contributed by atoms with Gasteiger partial charge in [0.25, 0.3) is 0 Å². The standard InChI is InChI=1S/C9H11F3N4O/c10-9(11,12)8-14-5-6(13)7(15-8)16-1-3-17-4-2-16/h5H,1-4,13H2. The molecule has 0 aromatic carbocycles. The fourth-order valence-electron chi connectivity index (χ4n) is 1.55. The first-order valence-corrected chi connectivity index (χ1v) is 5.01. The number of nitrogens with two attached hydrogens (primary N) is 1. The minimum atomic E-state index is -4.56. The minimum absolute atomic E-state index is 0.121. The van der Waals surface area contributed by atoms with Gasteiger partial charge >= 0.3 is 6.18 Å². The topological polar surface area (TPSA) is 64.3 Å². The zero-order valence-electron chi connectivity index (χ0n) is 8.87. The molecular formula is C9H11F3N4O. The summed E-state index contributed by atoms with van der Waals surface area (Å²) in [7, 11) is 0. The Balaban J connectivity index is 2.31. The van der Waals surface area contributed by atoms with Crippen molar-refractivity contribution in [3.63, 3.8) is 0 Å². The Bertz CT molecular complexity index is 404. The molecule has 0 aliphatic carbocycles. The third-order valence-corrected chi connectivity index (χ3v) is 2.36. The maximum absolute atomic E-state index is 12.5. The maximum atomic E-state index is 12.5.